The molecule has 0 N–H and O–H groups in total. The fraction of sp³-hybridized carbons (Fsp3) is 0.684. The van der Waals surface area contributed by atoms with Gasteiger partial charge in [0.05, 0.1) is 19.3 Å². The highest BCUT2D eigenvalue weighted by Crippen LogP contribution is 2.29. The Morgan fingerprint density at radius 2 is 2.04 bits per heavy atom. The van der Waals surface area contributed by atoms with Gasteiger partial charge < -0.3 is 14.4 Å². The zero-order valence-corrected chi connectivity index (χ0v) is 14.7. The molecule has 1 amide bonds. The fourth-order valence-electron chi connectivity index (χ4n) is 4.12. The Balaban J connectivity index is 1.27. The van der Waals surface area contributed by atoms with Gasteiger partial charge in [0.2, 0.25) is 0 Å². The summed E-state index contributed by atoms with van der Waals surface area (Å²) < 4.78 is 11.5. The maximum atomic E-state index is 12.8. The average Bonchev–Trinajstić information content (AvgIpc) is 3.33. The van der Waals surface area contributed by atoms with Crippen LogP contribution in [0.1, 0.15) is 30.9 Å². The number of amides is 1. The summed E-state index contributed by atoms with van der Waals surface area (Å²) in [7, 11) is 0. The SMILES string of the molecule is O=C([C@@H]1CC[C@H](CN2CCOCC2)O1)N1CCC(c2ccccn2)C1. The molecule has 0 aliphatic carbocycles. The van der Waals surface area contributed by atoms with E-state index in [4.69, 9.17) is 9.47 Å². The van der Waals surface area contributed by atoms with Crippen LogP contribution in [0.25, 0.3) is 0 Å². The van der Waals surface area contributed by atoms with E-state index in [0.29, 0.717) is 5.92 Å². The van der Waals surface area contributed by atoms with Gasteiger partial charge in [-0.05, 0) is 31.4 Å². The fourth-order valence-corrected chi connectivity index (χ4v) is 4.12. The molecule has 1 aromatic rings. The Morgan fingerprint density at radius 1 is 1.16 bits per heavy atom. The standard InChI is InChI=1S/C19H27N3O3/c23-19(22-8-6-15(13-22)17-3-1-2-7-20-17)18-5-4-16(25-18)14-21-9-11-24-12-10-21/h1-3,7,15-16,18H,4-6,8-14H2/t15?,16-,18+/m1/s1. The van der Waals surface area contributed by atoms with Crippen LogP contribution in [-0.2, 0) is 14.3 Å². The minimum Gasteiger partial charge on any atom is -0.379 e. The Labute approximate surface area is 149 Å². The van der Waals surface area contributed by atoms with E-state index >= 15 is 0 Å². The third-order valence-corrected chi connectivity index (χ3v) is 5.55. The van der Waals surface area contributed by atoms with E-state index < -0.39 is 0 Å². The van der Waals surface area contributed by atoms with Crippen molar-refractivity contribution in [3.05, 3.63) is 30.1 Å². The second-order valence-electron chi connectivity index (χ2n) is 7.26. The number of aromatic nitrogens is 1. The molecule has 0 bridgehead atoms. The number of hydrogen-bond acceptors (Lipinski definition) is 5. The van der Waals surface area contributed by atoms with Crippen LogP contribution < -0.4 is 0 Å². The van der Waals surface area contributed by atoms with Crippen molar-refractivity contribution >= 4 is 5.91 Å². The summed E-state index contributed by atoms with van der Waals surface area (Å²) in [6, 6.07) is 6.01. The summed E-state index contributed by atoms with van der Waals surface area (Å²) in [6.45, 7) is 6.05. The highest BCUT2D eigenvalue weighted by atomic mass is 16.5. The highest BCUT2D eigenvalue weighted by Gasteiger charge is 2.37. The number of nitrogens with zero attached hydrogens (tertiary/aromatic N) is 3. The Bertz CT molecular complexity index is 577. The number of morpholine rings is 1. The van der Waals surface area contributed by atoms with E-state index in [2.05, 4.69) is 16.0 Å². The lowest BCUT2D eigenvalue weighted by atomic mass is 10.0. The summed E-state index contributed by atoms with van der Waals surface area (Å²) in [5.74, 6) is 0.526. The van der Waals surface area contributed by atoms with E-state index in [1.807, 2.05) is 23.2 Å². The first-order valence-electron chi connectivity index (χ1n) is 9.45. The van der Waals surface area contributed by atoms with Crippen LogP contribution in [0, 0.1) is 0 Å². The minimum absolute atomic E-state index is 0.169. The third kappa shape index (κ3) is 4.02. The van der Waals surface area contributed by atoms with Crippen LogP contribution in [0.4, 0.5) is 0 Å². The van der Waals surface area contributed by atoms with Crippen molar-refractivity contribution in [3.63, 3.8) is 0 Å². The van der Waals surface area contributed by atoms with Gasteiger partial charge in [0, 0.05) is 50.5 Å². The molecule has 0 saturated carbocycles. The predicted octanol–water partition coefficient (Wildman–Crippen LogP) is 1.28. The van der Waals surface area contributed by atoms with E-state index in [-0.39, 0.29) is 18.1 Å². The van der Waals surface area contributed by atoms with Gasteiger partial charge in [-0.15, -0.1) is 0 Å². The smallest absolute Gasteiger partial charge is 0.251 e. The van der Waals surface area contributed by atoms with Crippen molar-refractivity contribution in [2.24, 2.45) is 0 Å². The second-order valence-corrected chi connectivity index (χ2v) is 7.26. The van der Waals surface area contributed by atoms with Crippen molar-refractivity contribution in [2.45, 2.75) is 37.4 Å². The molecule has 1 aromatic heterocycles. The summed E-state index contributed by atoms with van der Waals surface area (Å²) in [5.41, 5.74) is 1.09. The number of carbonyl (C=O) groups is 1. The monoisotopic (exact) mass is 345 g/mol. The molecule has 1 unspecified atom stereocenters. The first-order valence-corrected chi connectivity index (χ1v) is 9.45. The number of pyridine rings is 1. The Kier molecular flexibility index (Phi) is 5.29. The van der Waals surface area contributed by atoms with Crippen LogP contribution >= 0.6 is 0 Å². The minimum atomic E-state index is -0.256. The van der Waals surface area contributed by atoms with E-state index in [9.17, 15) is 4.79 Å². The van der Waals surface area contributed by atoms with Crippen molar-refractivity contribution in [2.75, 3.05) is 45.9 Å². The quantitative estimate of drug-likeness (QED) is 0.823. The zero-order chi connectivity index (χ0) is 17.1. The summed E-state index contributed by atoms with van der Waals surface area (Å²) in [4.78, 5) is 21.6. The first-order chi connectivity index (χ1) is 12.3. The largest absolute Gasteiger partial charge is 0.379 e. The highest BCUT2D eigenvalue weighted by molar-refractivity contribution is 5.81. The maximum Gasteiger partial charge on any atom is 0.251 e. The lowest BCUT2D eigenvalue weighted by Crippen LogP contribution is -2.42. The molecule has 4 heterocycles. The first kappa shape index (κ1) is 16.9. The van der Waals surface area contributed by atoms with Gasteiger partial charge in [-0.2, -0.15) is 0 Å². The molecule has 6 heteroatoms. The average molecular weight is 345 g/mol. The summed E-state index contributed by atoms with van der Waals surface area (Å²) >= 11 is 0. The number of likely N-dealkylation sites (tertiary alicyclic amines) is 1. The molecule has 0 spiro atoms. The third-order valence-electron chi connectivity index (χ3n) is 5.55. The lowest BCUT2D eigenvalue weighted by molar-refractivity contribution is -0.142. The van der Waals surface area contributed by atoms with Gasteiger partial charge in [-0.25, -0.2) is 0 Å². The van der Waals surface area contributed by atoms with Crippen molar-refractivity contribution in [1.82, 2.24) is 14.8 Å². The number of carbonyl (C=O) groups excluding carboxylic acids is 1. The lowest BCUT2D eigenvalue weighted by Gasteiger charge is -2.29. The van der Waals surface area contributed by atoms with Gasteiger partial charge >= 0.3 is 0 Å². The second kappa shape index (κ2) is 7.81. The van der Waals surface area contributed by atoms with Gasteiger partial charge in [-0.1, -0.05) is 6.07 Å². The number of hydrogen-bond donors (Lipinski definition) is 0. The molecule has 0 radical (unpaired) electrons. The van der Waals surface area contributed by atoms with Crippen LogP contribution in [0.2, 0.25) is 0 Å². The Hall–Kier alpha value is -1.50. The molecule has 3 aliphatic rings. The van der Waals surface area contributed by atoms with Gasteiger partial charge in [-0.3, -0.25) is 14.7 Å². The topological polar surface area (TPSA) is 54.9 Å². The molecule has 6 nitrogen and oxygen atoms in total. The van der Waals surface area contributed by atoms with Gasteiger partial charge in [0.25, 0.3) is 5.91 Å². The Morgan fingerprint density at radius 3 is 2.84 bits per heavy atom. The number of rotatable bonds is 4. The van der Waals surface area contributed by atoms with Gasteiger partial charge in [0.1, 0.15) is 6.10 Å². The van der Waals surface area contributed by atoms with Crippen LogP contribution in [-0.4, -0.2) is 78.8 Å². The van der Waals surface area contributed by atoms with Crippen molar-refractivity contribution in [3.8, 4) is 0 Å². The predicted molar refractivity (Wildman–Crippen MR) is 93.3 cm³/mol. The van der Waals surface area contributed by atoms with E-state index in [0.717, 1.165) is 70.9 Å². The molecule has 3 saturated heterocycles. The maximum absolute atomic E-state index is 12.8. The molecule has 136 valence electrons. The summed E-state index contributed by atoms with van der Waals surface area (Å²) in [6.07, 6.45) is 4.57. The van der Waals surface area contributed by atoms with Crippen LogP contribution in [0.5, 0.6) is 0 Å². The van der Waals surface area contributed by atoms with E-state index in [1.165, 1.54) is 0 Å². The van der Waals surface area contributed by atoms with Crippen LogP contribution in [0.15, 0.2) is 24.4 Å². The van der Waals surface area contributed by atoms with Crippen molar-refractivity contribution < 1.29 is 14.3 Å². The normalized spacial score (nSPS) is 30.7. The van der Waals surface area contributed by atoms with Gasteiger partial charge in [0.15, 0.2) is 0 Å². The van der Waals surface area contributed by atoms with Crippen molar-refractivity contribution in [1.29, 1.82) is 0 Å². The molecule has 25 heavy (non-hydrogen) atoms. The molecule has 3 atom stereocenters. The number of ether oxygens (including phenoxy) is 2. The van der Waals surface area contributed by atoms with Crippen LogP contribution in [0.3, 0.4) is 0 Å². The van der Waals surface area contributed by atoms with E-state index in [1.54, 1.807) is 0 Å². The molecule has 3 aliphatic heterocycles. The molecular formula is C19H27N3O3. The molecular weight excluding hydrogens is 318 g/mol. The molecule has 3 fully saturated rings. The summed E-state index contributed by atoms with van der Waals surface area (Å²) in [5, 5.41) is 0. The zero-order valence-electron chi connectivity index (χ0n) is 14.7. The molecule has 4 rings (SSSR count). The molecule has 0 aromatic carbocycles.